The molecule has 8 heteroatoms. The van der Waals surface area contributed by atoms with E-state index in [2.05, 4.69) is 15.2 Å². The quantitative estimate of drug-likeness (QED) is 0.828. The van der Waals surface area contributed by atoms with Crippen molar-refractivity contribution in [3.05, 3.63) is 60.3 Å². The fourth-order valence-corrected chi connectivity index (χ4v) is 3.80. The predicted molar refractivity (Wildman–Crippen MR) is 113 cm³/mol. The zero-order valence-electron chi connectivity index (χ0n) is 16.9. The third-order valence-electron chi connectivity index (χ3n) is 5.52. The number of aromatic nitrogens is 1. The lowest BCUT2D eigenvalue weighted by Crippen LogP contribution is -2.54. The predicted octanol–water partition coefficient (Wildman–Crippen LogP) is 1.51. The smallest absolute Gasteiger partial charge is 0.317 e. The maximum Gasteiger partial charge on any atom is 0.317 e. The summed E-state index contributed by atoms with van der Waals surface area (Å²) < 4.78 is 5.81. The summed E-state index contributed by atoms with van der Waals surface area (Å²) in [5.41, 5.74) is 1.06. The molecule has 30 heavy (non-hydrogen) atoms. The maximum absolute atomic E-state index is 12.6. The maximum atomic E-state index is 12.6. The van der Waals surface area contributed by atoms with Crippen LogP contribution in [0, 0.1) is 0 Å². The molecule has 2 saturated heterocycles. The molecule has 1 aromatic heterocycles. The van der Waals surface area contributed by atoms with Gasteiger partial charge in [0.05, 0.1) is 19.7 Å². The van der Waals surface area contributed by atoms with E-state index in [1.807, 2.05) is 48.5 Å². The fourth-order valence-electron chi connectivity index (χ4n) is 3.80. The van der Waals surface area contributed by atoms with Crippen LogP contribution >= 0.6 is 0 Å². The number of anilines is 1. The van der Waals surface area contributed by atoms with E-state index in [1.165, 1.54) is 0 Å². The van der Waals surface area contributed by atoms with Gasteiger partial charge in [0.25, 0.3) is 0 Å². The van der Waals surface area contributed by atoms with Crippen molar-refractivity contribution in [2.75, 3.05) is 57.3 Å². The highest BCUT2D eigenvalue weighted by molar-refractivity contribution is 5.84. The van der Waals surface area contributed by atoms with E-state index in [1.54, 1.807) is 16.0 Å². The van der Waals surface area contributed by atoms with E-state index < -0.39 is 0 Å². The number of piperazine rings is 1. The lowest BCUT2D eigenvalue weighted by molar-refractivity contribution is -0.137. The van der Waals surface area contributed by atoms with Crippen LogP contribution in [0.15, 0.2) is 54.7 Å². The molecule has 1 atom stereocenters. The largest absolute Gasteiger partial charge is 0.370 e. The number of urea groups is 1. The minimum atomic E-state index is -0.197. The van der Waals surface area contributed by atoms with E-state index in [4.69, 9.17) is 4.74 Å². The van der Waals surface area contributed by atoms with Gasteiger partial charge in [-0.2, -0.15) is 0 Å². The molecule has 2 aliphatic rings. The summed E-state index contributed by atoms with van der Waals surface area (Å²) in [5.74, 6) is 0.840. The Morgan fingerprint density at radius 3 is 2.47 bits per heavy atom. The van der Waals surface area contributed by atoms with Crippen molar-refractivity contribution in [1.29, 1.82) is 0 Å². The Labute approximate surface area is 176 Å². The molecular weight excluding hydrogens is 382 g/mol. The number of pyridine rings is 1. The van der Waals surface area contributed by atoms with Crippen molar-refractivity contribution in [2.24, 2.45) is 0 Å². The SMILES string of the molecule is O=C(CNC(=O)N1CCN(c2ccccn2)CC1)N1CCO[C@H](c2ccccc2)C1. The first-order valence-electron chi connectivity index (χ1n) is 10.3. The van der Waals surface area contributed by atoms with Gasteiger partial charge >= 0.3 is 6.03 Å². The third-order valence-corrected chi connectivity index (χ3v) is 5.52. The first-order chi connectivity index (χ1) is 14.7. The Bertz CT molecular complexity index is 840. The zero-order valence-corrected chi connectivity index (χ0v) is 16.9. The number of ether oxygens (including phenoxy) is 1. The molecule has 8 nitrogen and oxygen atoms in total. The summed E-state index contributed by atoms with van der Waals surface area (Å²) in [5, 5.41) is 2.78. The number of amides is 3. The van der Waals surface area contributed by atoms with Crippen LogP contribution in [0.4, 0.5) is 10.6 Å². The highest BCUT2D eigenvalue weighted by Crippen LogP contribution is 2.21. The van der Waals surface area contributed by atoms with E-state index in [9.17, 15) is 9.59 Å². The van der Waals surface area contributed by atoms with Crippen LogP contribution in [-0.2, 0) is 9.53 Å². The minimum Gasteiger partial charge on any atom is -0.370 e. The molecule has 0 saturated carbocycles. The number of hydrogen-bond donors (Lipinski definition) is 1. The number of nitrogens with one attached hydrogen (secondary N) is 1. The van der Waals surface area contributed by atoms with Gasteiger partial charge < -0.3 is 24.8 Å². The minimum absolute atomic E-state index is 0.000792. The molecule has 0 spiro atoms. The van der Waals surface area contributed by atoms with Crippen LogP contribution in [-0.4, -0.2) is 79.1 Å². The van der Waals surface area contributed by atoms with Crippen molar-refractivity contribution in [3.63, 3.8) is 0 Å². The topological polar surface area (TPSA) is 78.0 Å². The van der Waals surface area contributed by atoms with E-state index in [0.29, 0.717) is 32.8 Å². The summed E-state index contributed by atoms with van der Waals surface area (Å²) in [6.45, 7) is 4.19. The van der Waals surface area contributed by atoms with Gasteiger partial charge in [-0.15, -0.1) is 0 Å². The van der Waals surface area contributed by atoms with Gasteiger partial charge in [0.2, 0.25) is 5.91 Å². The molecule has 1 N–H and O–H groups in total. The van der Waals surface area contributed by atoms with Crippen LogP contribution in [0.5, 0.6) is 0 Å². The van der Waals surface area contributed by atoms with E-state index in [0.717, 1.165) is 24.5 Å². The van der Waals surface area contributed by atoms with Crippen LogP contribution in [0.3, 0.4) is 0 Å². The molecule has 3 amide bonds. The lowest BCUT2D eigenvalue weighted by Gasteiger charge is -2.36. The molecule has 2 fully saturated rings. The lowest BCUT2D eigenvalue weighted by atomic mass is 10.1. The number of rotatable bonds is 4. The number of hydrogen-bond acceptors (Lipinski definition) is 5. The molecule has 0 bridgehead atoms. The number of morpholine rings is 1. The second kappa shape index (κ2) is 9.58. The molecule has 0 unspecified atom stereocenters. The van der Waals surface area contributed by atoms with Gasteiger partial charge in [-0.3, -0.25) is 4.79 Å². The number of carbonyl (C=O) groups is 2. The number of benzene rings is 1. The van der Waals surface area contributed by atoms with E-state index >= 15 is 0 Å². The first kappa shape index (κ1) is 20.2. The Hall–Kier alpha value is -3.13. The Kier molecular flexibility index (Phi) is 6.44. The average molecular weight is 409 g/mol. The number of carbonyl (C=O) groups excluding carboxylic acids is 2. The molecule has 2 aromatic rings. The van der Waals surface area contributed by atoms with Crippen molar-refractivity contribution in [3.8, 4) is 0 Å². The second-order valence-electron chi connectivity index (χ2n) is 7.43. The molecule has 0 aliphatic carbocycles. The second-order valence-corrected chi connectivity index (χ2v) is 7.43. The van der Waals surface area contributed by atoms with Gasteiger partial charge in [0.1, 0.15) is 11.9 Å². The van der Waals surface area contributed by atoms with Crippen molar-refractivity contribution in [1.82, 2.24) is 20.1 Å². The van der Waals surface area contributed by atoms with Crippen LogP contribution in [0.25, 0.3) is 0 Å². The molecule has 3 heterocycles. The third kappa shape index (κ3) is 4.88. The summed E-state index contributed by atoms with van der Waals surface area (Å²) in [7, 11) is 0. The molecule has 4 rings (SSSR count). The summed E-state index contributed by atoms with van der Waals surface area (Å²) >= 11 is 0. The highest BCUT2D eigenvalue weighted by Gasteiger charge is 2.26. The van der Waals surface area contributed by atoms with Gasteiger partial charge in [0, 0.05) is 38.9 Å². The number of nitrogens with zero attached hydrogens (tertiary/aromatic N) is 4. The summed E-state index contributed by atoms with van der Waals surface area (Å²) in [6.07, 6.45) is 1.65. The van der Waals surface area contributed by atoms with Crippen molar-refractivity contribution >= 4 is 17.8 Å². The Morgan fingerprint density at radius 1 is 0.967 bits per heavy atom. The van der Waals surface area contributed by atoms with Gasteiger partial charge in [-0.05, 0) is 17.7 Å². The van der Waals surface area contributed by atoms with Crippen molar-refractivity contribution < 1.29 is 14.3 Å². The normalized spacial score (nSPS) is 19.5. The van der Waals surface area contributed by atoms with Crippen molar-refractivity contribution in [2.45, 2.75) is 6.10 Å². The fraction of sp³-hybridized carbons (Fsp3) is 0.409. The molecule has 2 aliphatic heterocycles. The average Bonchev–Trinajstić information content (AvgIpc) is 2.83. The molecule has 1 aromatic carbocycles. The Morgan fingerprint density at radius 2 is 1.73 bits per heavy atom. The van der Waals surface area contributed by atoms with Crippen LogP contribution in [0.2, 0.25) is 0 Å². The summed E-state index contributed by atoms with van der Waals surface area (Å²) in [4.78, 5) is 35.1. The van der Waals surface area contributed by atoms with Gasteiger partial charge in [-0.25, -0.2) is 9.78 Å². The highest BCUT2D eigenvalue weighted by atomic mass is 16.5. The molecule has 158 valence electrons. The first-order valence-corrected chi connectivity index (χ1v) is 10.3. The standard InChI is InChI=1S/C22H27N5O3/c28-21(27-14-15-30-19(17-27)18-6-2-1-3-7-18)16-24-22(29)26-12-10-25(11-13-26)20-8-4-5-9-23-20/h1-9,19H,10-17H2,(H,24,29)/t19-/m0/s1. The van der Waals surface area contributed by atoms with Gasteiger partial charge in [-0.1, -0.05) is 36.4 Å². The zero-order chi connectivity index (χ0) is 20.8. The monoisotopic (exact) mass is 409 g/mol. The van der Waals surface area contributed by atoms with Gasteiger partial charge in [0.15, 0.2) is 0 Å². The summed E-state index contributed by atoms with van der Waals surface area (Å²) in [6, 6.07) is 15.5. The molecule has 0 radical (unpaired) electrons. The van der Waals surface area contributed by atoms with E-state index in [-0.39, 0.29) is 24.6 Å². The van der Waals surface area contributed by atoms with Crippen LogP contribution < -0.4 is 10.2 Å². The Balaban J connectivity index is 1.22. The molecular formula is C22H27N5O3. The van der Waals surface area contributed by atoms with Crippen LogP contribution in [0.1, 0.15) is 11.7 Å².